The van der Waals surface area contributed by atoms with E-state index in [0.717, 1.165) is 16.3 Å². The summed E-state index contributed by atoms with van der Waals surface area (Å²) in [6.07, 6.45) is 1.63. The van der Waals surface area contributed by atoms with Gasteiger partial charge in [-0.1, -0.05) is 36.4 Å². The van der Waals surface area contributed by atoms with Gasteiger partial charge in [-0.3, -0.25) is 0 Å². The Hall–Kier alpha value is -1.57. The fourth-order valence-electron chi connectivity index (χ4n) is 1.83. The number of benzene rings is 2. The molecule has 1 unspecified atom stereocenters. The zero-order chi connectivity index (χ0) is 11.2. The molecule has 1 atom stereocenters. The van der Waals surface area contributed by atoms with Crippen LogP contribution in [0.15, 0.2) is 42.2 Å². The van der Waals surface area contributed by atoms with Crippen LogP contribution in [0.1, 0.15) is 5.56 Å². The molecule has 16 heavy (non-hydrogen) atoms. The van der Waals surface area contributed by atoms with Gasteiger partial charge >= 0.3 is 7.60 Å². The maximum Gasteiger partial charge on any atom is 0.401 e. The van der Waals surface area contributed by atoms with E-state index in [1.807, 2.05) is 36.4 Å². The van der Waals surface area contributed by atoms with Crippen LogP contribution in [0, 0.1) is 0 Å². The molecule has 1 aliphatic rings. The molecule has 0 saturated heterocycles. The molecule has 0 spiro atoms. The van der Waals surface area contributed by atoms with Crippen molar-refractivity contribution in [1.82, 2.24) is 0 Å². The first-order valence-electron chi connectivity index (χ1n) is 4.89. The average Bonchev–Trinajstić information content (AvgIpc) is 2.28. The molecule has 0 fully saturated rings. The lowest BCUT2D eigenvalue weighted by molar-refractivity contribution is 0.392. The molecule has 0 aromatic heterocycles. The number of fused-ring (bicyclic) bond motifs is 3. The Kier molecular flexibility index (Phi) is 1.93. The third-order valence-corrected chi connectivity index (χ3v) is 3.54. The van der Waals surface area contributed by atoms with Crippen molar-refractivity contribution >= 4 is 24.4 Å². The van der Waals surface area contributed by atoms with Crippen LogP contribution in [0.2, 0.25) is 0 Å². The molecule has 3 nitrogen and oxygen atoms in total. The van der Waals surface area contributed by atoms with Gasteiger partial charge in [0.05, 0.1) is 0 Å². The van der Waals surface area contributed by atoms with Gasteiger partial charge < -0.3 is 9.42 Å². The number of hydrogen-bond acceptors (Lipinski definition) is 2. The van der Waals surface area contributed by atoms with E-state index in [2.05, 4.69) is 0 Å². The Balaban J connectivity index is 2.36. The fourth-order valence-corrected chi connectivity index (χ4v) is 2.70. The predicted molar refractivity (Wildman–Crippen MR) is 63.4 cm³/mol. The van der Waals surface area contributed by atoms with Gasteiger partial charge in [-0.2, -0.15) is 0 Å². The standard InChI is InChI=1S/C12H9O3P/c13-16(14)8-7-10-6-5-9-3-1-2-4-11(9)12(10)15-16/h1-8H,(H,13,14). The first-order valence-corrected chi connectivity index (χ1v) is 6.53. The lowest BCUT2D eigenvalue weighted by Gasteiger charge is -2.18. The molecule has 2 aromatic rings. The van der Waals surface area contributed by atoms with Crippen LogP contribution in [-0.4, -0.2) is 4.89 Å². The second-order valence-corrected chi connectivity index (χ2v) is 5.29. The summed E-state index contributed by atoms with van der Waals surface area (Å²) >= 11 is 0. The molecule has 80 valence electrons. The summed E-state index contributed by atoms with van der Waals surface area (Å²) in [6.45, 7) is 0. The summed E-state index contributed by atoms with van der Waals surface area (Å²) in [5, 5.41) is 1.86. The topological polar surface area (TPSA) is 46.5 Å². The van der Waals surface area contributed by atoms with Crippen molar-refractivity contribution in [2.24, 2.45) is 0 Å². The van der Waals surface area contributed by atoms with Gasteiger partial charge in [0.2, 0.25) is 0 Å². The van der Waals surface area contributed by atoms with Gasteiger partial charge in [0.25, 0.3) is 0 Å². The molecule has 4 heteroatoms. The van der Waals surface area contributed by atoms with Gasteiger partial charge in [0.1, 0.15) is 5.75 Å². The van der Waals surface area contributed by atoms with E-state index in [0.29, 0.717) is 5.75 Å². The summed E-state index contributed by atoms with van der Waals surface area (Å²) in [5.74, 6) is 1.70. The van der Waals surface area contributed by atoms with Crippen LogP contribution in [0.25, 0.3) is 16.8 Å². The van der Waals surface area contributed by atoms with E-state index in [1.165, 1.54) is 5.82 Å². The quantitative estimate of drug-likeness (QED) is 0.708. The van der Waals surface area contributed by atoms with Gasteiger partial charge in [0, 0.05) is 16.8 Å². The van der Waals surface area contributed by atoms with E-state index in [1.54, 1.807) is 6.08 Å². The molecule has 0 saturated carbocycles. The zero-order valence-corrected chi connectivity index (χ0v) is 9.22. The molecule has 1 aliphatic heterocycles. The Bertz CT molecular complexity index is 646. The van der Waals surface area contributed by atoms with Crippen molar-refractivity contribution in [3.8, 4) is 5.75 Å². The predicted octanol–water partition coefficient (Wildman–Crippen LogP) is 3.39. The third-order valence-electron chi connectivity index (χ3n) is 2.57. The van der Waals surface area contributed by atoms with Gasteiger partial charge in [-0.05, 0) is 11.5 Å². The van der Waals surface area contributed by atoms with Gasteiger partial charge in [-0.25, -0.2) is 4.57 Å². The monoisotopic (exact) mass is 232 g/mol. The first kappa shape index (κ1) is 9.64. The Labute approximate surface area is 92.5 Å². The Morgan fingerprint density at radius 1 is 1.12 bits per heavy atom. The first-order chi connectivity index (χ1) is 7.66. The normalized spacial score (nSPS) is 22.8. The molecule has 1 N–H and O–H groups in total. The Morgan fingerprint density at radius 3 is 2.81 bits per heavy atom. The molecule has 0 aliphatic carbocycles. The summed E-state index contributed by atoms with van der Waals surface area (Å²) in [7, 11) is -3.60. The van der Waals surface area contributed by atoms with Crippen LogP contribution in [0.4, 0.5) is 0 Å². The highest BCUT2D eigenvalue weighted by Gasteiger charge is 2.23. The largest absolute Gasteiger partial charge is 0.420 e. The maximum absolute atomic E-state index is 11.5. The van der Waals surface area contributed by atoms with Crippen LogP contribution in [-0.2, 0) is 4.57 Å². The fraction of sp³-hybridized carbons (Fsp3) is 0. The van der Waals surface area contributed by atoms with E-state index < -0.39 is 7.60 Å². The highest BCUT2D eigenvalue weighted by atomic mass is 31.2. The van der Waals surface area contributed by atoms with Crippen molar-refractivity contribution < 1.29 is 14.0 Å². The zero-order valence-electron chi connectivity index (χ0n) is 8.33. The molecule has 0 amide bonds. The molecular formula is C12H9O3P. The molecule has 0 bridgehead atoms. The van der Waals surface area contributed by atoms with Crippen LogP contribution < -0.4 is 4.52 Å². The summed E-state index contributed by atoms with van der Waals surface area (Å²) in [4.78, 5) is 9.43. The molecule has 0 radical (unpaired) electrons. The summed E-state index contributed by atoms with van der Waals surface area (Å²) in [6, 6.07) is 11.5. The van der Waals surface area contributed by atoms with Crippen molar-refractivity contribution in [3.05, 3.63) is 47.8 Å². The van der Waals surface area contributed by atoms with E-state index in [9.17, 15) is 9.46 Å². The van der Waals surface area contributed by atoms with Crippen molar-refractivity contribution in [2.75, 3.05) is 0 Å². The molecular weight excluding hydrogens is 223 g/mol. The maximum atomic E-state index is 11.5. The highest BCUT2D eigenvalue weighted by molar-refractivity contribution is 7.57. The average molecular weight is 232 g/mol. The second kappa shape index (κ2) is 3.21. The minimum absolute atomic E-state index is 0.492. The lowest BCUT2D eigenvalue weighted by atomic mass is 10.1. The minimum atomic E-state index is -3.60. The summed E-state index contributed by atoms with van der Waals surface area (Å²) in [5.41, 5.74) is 0.833. The third kappa shape index (κ3) is 1.45. The Morgan fingerprint density at radius 2 is 1.94 bits per heavy atom. The van der Waals surface area contributed by atoms with Crippen LogP contribution in [0.5, 0.6) is 5.75 Å². The summed E-state index contributed by atoms with van der Waals surface area (Å²) < 4.78 is 16.6. The van der Waals surface area contributed by atoms with E-state index >= 15 is 0 Å². The van der Waals surface area contributed by atoms with E-state index in [-0.39, 0.29) is 0 Å². The number of rotatable bonds is 0. The van der Waals surface area contributed by atoms with E-state index in [4.69, 9.17) is 4.52 Å². The van der Waals surface area contributed by atoms with Crippen LogP contribution >= 0.6 is 7.60 Å². The molecule has 1 heterocycles. The lowest BCUT2D eigenvalue weighted by Crippen LogP contribution is -1.96. The van der Waals surface area contributed by atoms with Crippen LogP contribution in [0.3, 0.4) is 0 Å². The van der Waals surface area contributed by atoms with Gasteiger partial charge in [-0.15, -0.1) is 0 Å². The smallest absolute Gasteiger partial charge is 0.401 e. The van der Waals surface area contributed by atoms with Crippen molar-refractivity contribution in [1.29, 1.82) is 0 Å². The highest BCUT2D eigenvalue weighted by Crippen LogP contribution is 2.51. The minimum Gasteiger partial charge on any atom is -0.420 e. The van der Waals surface area contributed by atoms with Crippen molar-refractivity contribution in [2.45, 2.75) is 0 Å². The molecule has 2 aromatic carbocycles. The molecule has 3 rings (SSSR count). The van der Waals surface area contributed by atoms with Gasteiger partial charge in [0.15, 0.2) is 0 Å². The SMILES string of the molecule is O=P1(O)C=Cc2ccc3ccccc3c2O1. The second-order valence-electron chi connectivity index (χ2n) is 3.68. The number of hydrogen-bond donors (Lipinski definition) is 1. The van der Waals surface area contributed by atoms with Crippen molar-refractivity contribution in [3.63, 3.8) is 0 Å².